The zero-order valence-corrected chi connectivity index (χ0v) is 20.1. The first-order chi connectivity index (χ1) is 16.4. The molecule has 2 aliphatic heterocycles. The van der Waals surface area contributed by atoms with Crippen LogP contribution in [-0.2, 0) is 19.1 Å². The Hall–Kier alpha value is -3.10. The van der Waals surface area contributed by atoms with Crippen molar-refractivity contribution in [1.82, 2.24) is 9.88 Å². The highest BCUT2D eigenvalue weighted by Gasteiger charge is 2.44. The van der Waals surface area contributed by atoms with Crippen LogP contribution in [0.25, 0.3) is 20.8 Å². The monoisotopic (exact) mass is 477 g/mol. The van der Waals surface area contributed by atoms with Crippen molar-refractivity contribution in [3.63, 3.8) is 0 Å². The van der Waals surface area contributed by atoms with Gasteiger partial charge < -0.3 is 4.74 Å². The topological polar surface area (TPSA) is 79.8 Å². The van der Waals surface area contributed by atoms with Gasteiger partial charge in [0.25, 0.3) is 5.91 Å². The minimum atomic E-state index is -0.470. The largest absolute Gasteiger partial charge is 0.466 e. The molecule has 176 valence electrons. The Bertz CT molecular complexity index is 1240. The molecule has 0 radical (unpaired) electrons. The molecule has 1 atom stereocenters. The summed E-state index contributed by atoms with van der Waals surface area (Å²) in [5.41, 5.74) is 3.71. The molecule has 2 aromatic carbocycles. The number of ether oxygens (including phenoxy) is 1. The van der Waals surface area contributed by atoms with Crippen LogP contribution in [0.15, 0.2) is 42.5 Å². The minimum absolute atomic E-state index is 0.126. The summed E-state index contributed by atoms with van der Waals surface area (Å²) in [5, 5.41) is 0.911. The van der Waals surface area contributed by atoms with Crippen LogP contribution in [0.3, 0.4) is 0 Å². The molecule has 0 spiro atoms. The van der Waals surface area contributed by atoms with Crippen LogP contribution < -0.4 is 4.90 Å². The highest BCUT2D eigenvalue weighted by Crippen LogP contribution is 2.33. The summed E-state index contributed by atoms with van der Waals surface area (Å²) in [4.78, 5) is 46.0. The van der Waals surface area contributed by atoms with Crippen molar-refractivity contribution in [2.24, 2.45) is 5.92 Å². The van der Waals surface area contributed by atoms with E-state index in [9.17, 15) is 14.4 Å². The lowest BCUT2D eigenvalue weighted by molar-refractivity contribution is -0.149. The van der Waals surface area contributed by atoms with Crippen molar-refractivity contribution in [3.8, 4) is 10.6 Å². The Balaban J connectivity index is 1.28. The van der Waals surface area contributed by atoms with E-state index in [0.29, 0.717) is 38.2 Å². The number of thiazole rings is 1. The Morgan fingerprint density at radius 1 is 1.12 bits per heavy atom. The predicted octanol–water partition coefficient (Wildman–Crippen LogP) is 4.18. The minimum Gasteiger partial charge on any atom is -0.466 e. The molecule has 0 aliphatic carbocycles. The fourth-order valence-corrected chi connectivity index (χ4v) is 5.86. The van der Waals surface area contributed by atoms with Crippen molar-refractivity contribution >= 4 is 45.0 Å². The maximum Gasteiger partial charge on any atom is 0.309 e. The number of aromatic nitrogens is 1. The van der Waals surface area contributed by atoms with E-state index in [4.69, 9.17) is 9.72 Å². The van der Waals surface area contributed by atoms with Crippen LogP contribution in [0, 0.1) is 12.8 Å². The van der Waals surface area contributed by atoms with Gasteiger partial charge in [-0.25, -0.2) is 9.88 Å². The number of nitrogens with zero attached hydrogens (tertiary/aromatic N) is 3. The summed E-state index contributed by atoms with van der Waals surface area (Å²) in [6.07, 6.45) is 1.46. The van der Waals surface area contributed by atoms with E-state index in [-0.39, 0.29) is 30.1 Å². The summed E-state index contributed by atoms with van der Waals surface area (Å²) in [7, 11) is 0. The van der Waals surface area contributed by atoms with E-state index in [1.54, 1.807) is 18.3 Å². The van der Waals surface area contributed by atoms with Gasteiger partial charge in [-0.2, -0.15) is 0 Å². The van der Waals surface area contributed by atoms with Gasteiger partial charge in [0.05, 0.1) is 40.9 Å². The third-order valence-electron chi connectivity index (χ3n) is 6.63. The molecule has 1 aromatic heterocycles. The molecule has 5 rings (SSSR count). The Morgan fingerprint density at radius 2 is 1.85 bits per heavy atom. The maximum absolute atomic E-state index is 13.2. The smallest absolute Gasteiger partial charge is 0.309 e. The van der Waals surface area contributed by atoms with Gasteiger partial charge in [-0.3, -0.25) is 19.3 Å². The summed E-state index contributed by atoms with van der Waals surface area (Å²) >= 11 is 1.63. The van der Waals surface area contributed by atoms with Gasteiger partial charge >= 0.3 is 5.97 Å². The number of benzene rings is 2. The number of piperidine rings is 1. The first-order valence-corrected chi connectivity index (χ1v) is 12.5. The van der Waals surface area contributed by atoms with Gasteiger partial charge in [0.1, 0.15) is 5.01 Å². The molecule has 7 nitrogen and oxygen atoms in total. The summed E-state index contributed by atoms with van der Waals surface area (Å²) in [6.45, 7) is 5.46. The lowest BCUT2D eigenvalue weighted by Gasteiger charge is -2.33. The molecule has 0 N–H and O–H groups in total. The van der Waals surface area contributed by atoms with Crippen molar-refractivity contribution in [2.45, 2.75) is 39.2 Å². The molecule has 0 bridgehead atoms. The Kier molecular flexibility index (Phi) is 6.18. The second kappa shape index (κ2) is 9.27. The number of esters is 1. The first-order valence-electron chi connectivity index (χ1n) is 11.7. The predicted molar refractivity (Wildman–Crippen MR) is 132 cm³/mol. The molecule has 2 amide bonds. The van der Waals surface area contributed by atoms with Crippen LogP contribution in [0.2, 0.25) is 0 Å². The van der Waals surface area contributed by atoms with Gasteiger partial charge in [0.2, 0.25) is 5.91 Å². The number of imide groups is 1. The molecule has 0 unspecified atom stereocenters. The van der Waals surface area contributed by atoms with Crippen molar-refractivity contribution < 1.29 is 19.1 Å². The summed E-state index contributed by atoms with van der Waals surface area (Å²) in [6, 6.07) is 13.2. The number of rotatable bonds is 5. The second-order valence-electron chi connectivity index (χ2n) is 8.89. The van der Waals surface area contributed by atoms with Gasteiger partial charge in [0.15, 0.2) is 0 Å². The number of aryl methyl sites for hydroxylation is 1. The van der Waals surface area contributed by atoms with E-state index >= 15 is 0 Å². The van der Waals surface area contributed by atoms with E-state index in [1.807, 2.05) is 35.2 Å². The molecular formula is C26H27N3O4S. The number of carbonyl (C=O) groups excluding carboxylic acids is 3. The van der Waals surface area contributed by atoms with Gasteiger partial charge in [-0.15, -0.1) is 11.3 Å². The van der Waals surface area contributed by atoms with E-state index in [1.165, 1.54) is 10.5 Å². The van der Waals surface area contributed by atoms with E-state index in [2.05, 4.69) is 19.1 Å². The molecule has 8 heteroatoms. The zero-order chi connectivity index (χ0) is 23.8. The van der Waals surface area contributed by atoms with Crippen LogP contribution in [0.5, 0.6) is 0 Å². The molecule has 34 heavy (non-hydrogen) atoms. The third kappa shape index (κ3) is 4.23. The lowest BCUT2D eigenvalue weighted by Crippen LogP contribution is -2.47. The van der Waals surface area contributed by atoms with Crippen molar-refractivity contribution in [3.05, 3.63) is 48.0 Å². The third-order valence-corrected chi connectivity index (χ3v) is 7.70. The molecular weight excluding hydrogens is 450 g/mol. The first kappa shape index (κ1) is 22.7. The van der Waals surface area contributed by atoms with Crippen LogP contribution in [-0.4, -0.2) is 53.4 Å². The fourth-order valence-electron chi connectivity index (χ4n) is 4.79. The Morgan fingerprint density at radius 3 is 2.56 bits per heavy atom. The standard InChI is InChI=1S/C26H27N3O4S/c1-3-33-26(32)18-10-12-28(13-11-18)21-15-23(30)29(25(21)31)19-7-5-17(6-8-19)24-27-20-9-4-16(2)14-22(20)34-24/h4-9,14,18,21H,3,10-13,15H2,1-2H3/t21-/m1/s1. The van der Waals surface area contributed by atoms with Crippen LogP contribution in [0.1, 0.15) is 31.7 Å². The number of carbonyl (C=O) groups is 3. The van der Waals surface area contributed by atoms with E-state index in [0.717, 1.165) is 20.8 Å². The van der Waals surface area contributed by atoms with E-state index < -0.39 is 6.04 Å². The quantitative estimate of drug-likeness (QED) is 0.405. The van der Waals surface area contributed by atoms with Crippen LogP contribution >= 0.6 is 11.3 Å². The molecule has 2 fully saturated rings. The maximum atomic E-state index is 13.2. The summed E-state index contributed by atoms with van der Waals surface area (Å²) < 4.78 is 6.27. The fraction of sp³-hybridized carbons (Fsp3) is 0.385. The number of likely N-dealkylation sites (tertiary alicyclic amines) is 1. The lowest BCUT2D eigenvalue weighted by atomic mass is 9.95. The molecule has 3 aromatic rings. The van der Waals surface area contributed by atoms with Gasteiger partial charge in [0, 0.05) is 5.56 Å². The normalized spacial score (nSPS) is 19.8. The SMILES string of the molecule is CCOC(=O)C1CCN([C@@H]2CC(=O)N(c3ccc(-c4nc5ccc(C)cc5s4)cc3)C2=O)CC1. The Labute approximate surface area is 202 Å². The van der Waals surface area contributed by atoms with Gasteiger partial charge in [-0.05, 0) is 81.7 Å². The summed E-state index contributed by atoms with van der Waals surface area (Å²) in [5.74, 6) is -0.673. The highest BCUT2D eigenvalue weighted by molar-refractivity contribution is 7.21. The number of hydrogen-bond donors (Lipinski definition) is 0. The van der Waals surface area contributed by atoms with Gasteiger partial charge in [-0.1, -0.05) is 6.07 Å². The van der Waals surface area contributed by atoms with Crippen molar-refractivity contribution in [1.29, 1.82) is 0 Å². The zero-order valence-electron chi connectivity index (χ0n) is 19.3. The number of fused-ring (bicyclic) bond motifs is 1. The molecule has 0 saturated carbocycles. The number of amides is 2. The average Bonchev–Trinajstić information content (AvgIpc) is 3.39. The molecule has 2 saturated heterocycles. The highest BCUT2D eigenvalue weighted by atomic mass is 32.1. The number of hydrogen-bond acceptors (Lipinski definition) is 7. The van der Waals surface area contributed by atoms with Crippen molar-refractivity contribution in [2.75, 3.05) is 24.6 Å². The number of anilines is 1. The molecule has 3 heterocycles. The second-order valence-corrected chi connectivity index (χ2v) is 9.92. The van der Waals surface area contributed by atoms with Crippen LogP contribution in [0.4, 0.5) is 5.69 Å². The molecule has 2 aliphatic rings. The average molecular weight is 478 g/mol.